The maximum absolute atomic E-state index is 14.1. The molecule has 2 heterocycles. The number of aliphatic hydroxyl groups is 7. The fraction of sp³-hybridized carbons (Fsp3) is 1.00. The summed E-state index contributed by atoms with van der Waals surface area (Å²) < 4.78 is 29.1. The molecule has 2 saturated heterocycles. The molecule has 0 aliphatic carbocycles. The molecule has 7 N–H and O–H groups in total. The van der Waals surface area contributed by atoms with E-state index in [4.69, 9.17) is 19.3 Å². The number of aliphatic hydroxyl groups excluding tert-OH is 7. The lowest BCUT2D eigenvalue weighted by Crippen LogP contribution is -2.63. The molecule has 2 fully saturated rings. The third-order valence-corrected chi connectivity index (χ3v) is 3.93. The first-order chi connectivity index (χ1) is 10.8. The summed E-state index contributed by atoms with van der Waals surface area (Å²) in [4.78, 5) is 0. The molecule has 0 radical (unpaired) electrons. The van der Waals surface area contributed by atoms with Crippen molar-refractivity contribution in [3.63, 3.8) is 0 Å². The Morgan fingerprint density at radius 2 is 1.39 bits per heavy atom. The van der Waals surface area contributed by atoms with Crippen LogP contribution in [-0.4, -0.2) is 110 Å². The summed E-state index contributed by atoms with van der Waals surface area (Å²) in [6.07, 6.45) is -17.0. The van der Waals surface area contributed by atoms with Crippen LogP contribution in [0, 0.1) is 0 Å². The lowest BCUT2D eigenvalue weighted by atomic mass is 9.97. The maximum Gasteiger partial charge on any atom is 0.187 e. The molecule has 23 heavy (non-hydrogen) atoms. The van der Waals surface area contributed by atoms with Crippen LogP contribution in [0.4, 0.5) is 4.39 Å². The van der Waals surface area contributed by atoms with Gasteiger partial charge >= 0.3 is 0 Å². The second-order valence-corrected chi connectivity index (χ2v) is 5.48. The average molecular weight is 344 g/mol. The molecule has 0 saturated carbocycles. The molecule has 2 aliphatic heterocycles. The SMILES string of the molecule is OC[C@H]1O[C@H](O[C@H]2[C@H](F)[C@@H](O)[C@@H](O)O[C@@H]2CO)[C@H](O)[C@@H](O)[C@@H]1O. The Hall–Kier alpha value is -0.470. The van der Waals surface area contributed by atoms with Crippen molar-refractivity contribution in [3.05, 3.63) is 0 Å². The van der Waals surface area contributed by atoms with Crippen molar-refractivity contribution in [2.45, 2.75) is 61.5 Å². The van der Waals surface area contributed by atoms with E-state index in [-0.39, 0.29) is 0 Å². The minimum atomic E-state index is -2.18. The Morgan fingerprint density at radius 3 is 1.96 bits per heavy atom. The quantitative estimate of drug-likeness (QED) is 0.264. The largest absolute Gasteiger partial charge is 0.394 e. The van der Waals surface area contributed by atoms with Crippen LogP contribution >= 0.6 is 0 Å². The van der Waals surface area contributed by atoms with Gasteiger partial charge in [-0.25, -0.2) is 4.39 Å². The fourth-order valence-electron chi connectivity index (χ4n) is 2.54. The van der Waals surface area contributed by atoms with Gasteiger partial charge in [0.1, 0.15) is 42.7 Å². The van der Waals surface area contributed by atoms with Crippen LogP contribution in [0.5, 0.6) is 0 Å². The van der Waals surface area contributed by atoms with E-state index < -0.39 is 74.7 Å². The maximum atomic E-state index is 14.1. The number of halogens is 1. The molecule has 2 aliphatic rings. The van der Waals surface area contributed by atoms with Crippen molar-refractivity contribution in [3.8, 4) is 0 Å². The predicted molar refractivity (Wildman–Crippen MR) is 67.5 cm³/mol. The van der Waals surface area contributed by atoms with Gasteiger partial charge in [0.05, 0.1) is 13.2 Å². The molecule has 0 spiro atoms. The Morgan fingerprint density at radius 1 is 0.783 bits per heavy atom. The van der Waals surface area contributed by atoms with Crippen LogP contribution in [0.2, 0.25) is 0 Å². The molecule has 11 heteroatoms. The molecule has 0 aromatic carbocycles. The van der Waals surface area contributed by atoms with E-state index in [9.17, 15) is 35.0 Å². The summed E-state index contributed by atoms with van der Waals surface area (Å²) >= 11 is 0. The highest BCUT2D eigenvalue weighted by Gasteiger charge is 2.50. The molecule has 0 aromatic rings. The molecule has 136 valence electrons. The summed E-state index contributed by atoms with van der Waals surface area (Å²) in [5.41, 5.74) is 0. The fourth-order valence-corrected chi connectivity index (χ4v) is 2.54. The smallest absolute Gasteiger partial charge is 0.187 e. The van der Waals surface area contributed by atoms with E-state index in [0.29, 0.717) is 0 Å². The minimum absolute atomic E-state index is 0.699. The normalized spacial score (nSPS) is 51.7. The molecule has 0 amide bonds. The third-order valence-electron chi connectivity index (χ3n) is 3.93. The number of hydrogen-bond donors (Lipinski definition) is 7. The minimum Gasteiger partial charge on any atom is -0.394 e. The van der Waals surface area contributed by atoms with E-state index in [2.05, 4.69) is 0 Å². The van der Waals surface area contributed by atoms with Gasteiger partial charge < -0.3 is 50.0 Å². The lowest BCUT2D eigenvalue weighted by molar-refractivity contribution is -0.349. The highest BCUT2D eigenvalue weighted by molar-refractivity contribution is 4.93. The molecule has 0 aromatic heterocycles. The van der Waals surface area contributed by atoms with Crippen molar-refractivity contribution in [1.29, 1.82) is 0 Å². The number of hydrogen-bond acceptors (Lipinski definition) is 10. The van der Waals surface area contributed by atoms with Crippen molar-refractivity contribution in [1.82, 2.24) is 0 Å². The van der Waals surface area contributed by atoms with Gasteiger partial charge in [-0.1, -0.05) is 0 Å². The topological polar surface area (TPSA) is 169 Å². The average Bonchev–Trinajstić information content (AvgIpc) is 2.55. The second-order valence-electron chi connectivity index (χ2n) is 5.48. The monoisotopic (exact) mass is 344 g/mol. The van der Waals surface area contributed by atoms with Gasteiger partial charge in [-0.3, -0.25) is 0 Å². The van der Waals surface area contributed by atoms with E-state index in [1.54, 1.807) is 0 Å². The van der Waals surface area contributed by atoms with Crippen molar-refractivity contribution in [2.24, 2.45) is 0 Å². The van der Waals surface area contributed by atoms with Crippen LogP contribution in [0.1, 0.15) is 0 Å². The second kappa shape index (κ2) is 7.61. The van der Waals surface area contributed by atoms with E-state index >= 15 is 0 Å². The van der Waals surface area contributed by atoms with Crippen LogP contribution in [0.3, 0.4) is 0 Å². The molecule has 10 nitrogen and oxygen atoms in total. The number of rotatable bonds is 4. The van der Waals surface area contributed by atoms with Crippen LogP contribution in [0.25, 0.3) is 0 Å². The zero-order chi connectivity index (χ0) is 17.3. The first kappa shape index (κ1) is 18.9. The van der Waals surface area contributed by atoms with Crippen LogP contribution in [-0.2, 0) is 14.2 Å². The van der Waals surface area contributed by atoms with Crippen LogP contribution < -0.4 is 0 Å². The molecule has 10 atom stereocenters. The summed E-state index contributed by atoms with van der Waals surface area (Å²) in [6.45, 7) is -1.46. The highest BCUT2D eigenvalue weighted by atomic mass is 19.1. The van der Waals surface area contributed by atoms with Crippen LogP contribution in [0.15, 0.2) is 0 Å². The predicted octanol–water partition coefficient (Wildman–Crippen LogP) is -4.42. The first-order valence-electron chi connectivity index (χ1n) is 7.04. The van der Waals surface area contributed by atoms with Gasteiger partial charge in [-0.05, 0) is 0 Å². The first-order valence-corrected chi connectivity index (χ1v) is 7.04. The molecule has 2 rings (SSSR count). The van der Waals surface area contributed by atoms with Gasteiger partial charge in [-0.2, -0.15) is 0 Å². The molecular weight excluding hydrogens is 323 g/mol. The Kier molecular flexibility index (Phi) is 6.24. The third kappa shape index (κ3) is 3.64. The number of alkyl halides is 1. The van der Waals surface area contributed by atoms with Gasteiger partial charge in [0.25, 0.3) is 0 Å². The zero-order valence-corrected chi connectivity index (χ0v) is 11.9. The summed E-state index contributed by atoms with van der Waals surface area (Å²) in [5, 5.41) is 66.2. The standard InChI is InChI=1S/C12H21FO10/c13-5-7(17)11(20)21-4(2-15)10(5)23-12-9(19)8(18)6(16)3(1-14)22-12/h3-12,14-20H,1-2H2/t3-,4-,5-,6-,7-,8+,9-,10-,11+,12-/m1/s1. The van der Waals surface area contributed by atoms with E-state index in [1.165, 1.54) is 0 Å². The van der Waals surface area contributed by atoms with Crippen molar-refractivity contribution >= 4 is 0 Å². The molecular formula is C12H21FO10. The van der Waals surface area contributed by atoms with Gasteiger partial charge in [0.15, 0.2) is 18.8 Å². The zero-order valence-electron chi connectivity index (χ0n) is 11.9. The number of ether oxygens (including phenoxy) is 3. The van der Waals surface area contributed by atoms with E-state index in [1.807, 2.05) is 0 Å². The van der Waals surface area contributed by atoms with E-state index in [0.717, 1.165) is 0 Å². The Labute approximate surface area is 130 Å². The lowest BCUT2D eigenvalue weighted by Gasteiger charge is -2.44. The molecule has 0 unspecified atom stereocenters. The van der Waals surface area contributed by atoms with Crippen molar-refractivity contribution < 1.29 is 54.3 Å². The summed E-state index contributed by atoms with van der Waals surface area (Å²) in [6, 6.07) is 0. The van der Waals surface area contributed by atoms with Gasteiger partial charge in [-0.15, -0.1) is 0 Å². The Bertz CT molecular complexity index is 383. The Balaban J connectivity index is 2.11. The van der Waals surface area contributed by atoms with Gasteiger partial charge in [0, 0.05) is 0 Å². The van der Waals surface area contributed by atoms with Crippen molar-refractivity contribution in [2.75, 3.05) is 13.2 Å². The highest BCUT2D eigenvalue weighted by Crippen LogP contribution is 2.29. The molecule has 0 bridgehead atoms. The van der Waals surface area contributed by atoms with Gasteiger partial charge in [0.2, 0.25) is 0 Å². The summed E-state index contributed by atoms with van der Waals surface area (Å²) in [7, 11) is 0. The summed E-state index contributed by atoms with van der Waals surface area (Å²) in [5.74, 6) is 0.